The van der Waals surface area contributed by atoms with Gasteiger partial charge in [-0.3, -0.25) is 15.0 Å². The number of nitro benzene ring substituents is 1. The second-order valence-corrected chi connectivity index (χ2v) is 7.62. The van der Waals surface area contributed by atoms with Crippen LogP contribution in [0.2, 0.25) is 0 Å². The Morgan fingerprint density at radius 3 is 2.48 bits per heavy atom. The van der Waals surface area contributed by atoms with E-state index in [2.05, 4.69) is 10.00 Å². The quantitative estimate of drug-likeness (QED) is 0.413. The van der Waals surface area contributed by atoms with Crippen LogP contribution in [0.4, 0.5) is 24.5 Å². The molecule has 0 bridgehead atoms. The highest BCUT2D eigenvalue weighted by Gasteiger charge is 2.34. The molecular weight excluding hydrogens is 409 g/mol. The Bertz CT molecular complexity index is 976. The monoisotopic (exact) mass is 428 g/mol. The highest BCUT2D eigenvalue weighted by atomic mass is 32.1. The number of piperazine rings is 1. The van der Waals surface area contributed by atoms with Gasteiger partial charge in [-0.2, -0.15) is 18.3 Å². The van der Waals surface area contributed by atoms with Gasteiger partial charge in [0.05, 0.1) is 17.2 Å². The number of halogens is 3. The Morgan fingerprint density at radius 1 is 1.21 bits per heavy atom. The van der Waals surface area contributed by atoms with Gasteiger partial charge >= 0.3 is 6.18 Å². The van der Waals surface area contributed by atoms with Gasteiger partial charge in [-0.25, -0.2) is 4.68 Å². The van der Waals surface area contributed by atoms with Crippen molar-refractivity contribution in [2.45, 2.75) is 31.7 Å². The molecule has 12 heteroatoms. The topological polar surface area (TPSA) is 72.4 Å². The van der Waals surface area contributed by atoms with E-state index in [0.717, 1.165) is 18.9 Å². The molecule has 0 unspecified atom stereocenters. The van der Waals surface area contributed by atoms with Crippen molar-refractivity contribution in [1.82, 2.24) is 19.2 Å². The number of alkyl halides is 3. The van der Waals surface area contributed by atoms with Crippen LogP contribution in [0.3, 0.4) is 0 Å². The third kappa shape index (κ3) is 4.13. The first-order valence-corrected chi connectivity index (χ1v) is 9.62. The number of benzene rings is 1. The van der Waals surface area contributed by atoms with Crippen LogP contribution in [-0.4, -0.2) is 50.3 Å². The number of aromatic nitrogens is 3. The van der Waals surface area contributed by atoms with Crippen LogP contribution in [0.1, 0.15) is 24.4 Å². The third-order valence-electron chi connectivity index (χ3n) is 5.24. The fourth-order valence-electron chi connectivity index (χ4n) is 3.48. The molecule has 2 aliphatic rings. The molecule has 1 aromatic carbocycles. The molecule has 0 atom stereocenters. The summed E-state index contributed by atoms with van der Waals surface area (Å²) in [6.45, 7) is 2.62. The van der Waals surface area contributed by atoms with Crippen LogP contribution in [0, 0.1) is 14.9 Å². The summed E-state index contributed by atoms with van der Waals surface area (Å²) < 4.78 is 43.1. The van der Waals surface area contributed by atoms with Gasteiger partial charge in [-0.05, 0) is 37.2 Å². The van der Waals surface area contributed by atoms with Gasteiger partial charge in [0.2, 0.25) is 0 Å². The molecule has 2 fully saturated rings. The molecule has 4 rings (SSSR count). The summed E-state index contributed by atoms with van der Waals surface area (Å²) in [5, 5.41) is 15.7. The van der Waals surface area contributed by atoms with Gasteiger partial charge in [-0.1, -0.05) is 0 Å². The minimum atomic E-state index is -4.62. The smallest absolute Gasteiger partial charge is 0.363 e. The van der Waals surface area contributed by atoms with Crippen LogP contribution < -0.4 is 4.90 Å². The van der Waals surface area contributed by atoms with E-state index in [9.17, 15) is 23.3 Å². The van der Waals surface area contributed by atoms with Crippen LogP contribution in [0.5, 0.6) is 0 Å². The van der Waals surface area contributed by atoms with Crippen molar-refractivity contribution in [2.75, 3.05) is 31.1 Å². The van der Waals surface area contributed by atoms with Gasteiger partial charge in [0.1, 0.15) is 12.0 Å². The van der Waals surface area contributed by atoms with Crippen molar-refractivity contribution in [3.05, 3.63) is 45.0 Å². The Labute approximate surface area is 169 Å². The van der Waals surface area contributed by atoms with E-state index in [1.54, 1.807) is 15.9 Å². The Balaban J connectivity index is 1.44. The summed E-state index contributed by atoms with van der Waals surface area (Å²) in [4.78, 5) is 14.4. The van der Waals surface area contributed by atoms with Gasteiger partial charge in [0.15, 0.2) is 4.77 Å². The fourth-order valence-corrected chi connectivity index (χ4v) is 3.78. The maximum absolute atomic E-state index is 12.9. The fraction of sp³-hybridized carbons (Fsp3) is 0.529. The molecule has 8 nitrogen and oxygen atoms in total. The largest absolute Gasteiger partial charge is 0.416 e. The number of rotatable bonds is 5. The van der Waals surface area contributed by atoms with Crippen LogP contribution in [0.15, 0.2) is 24.5 Å². The van der Waals surface area contributed by atoms with E-state index in [1.165, 1.54) is 6.07 Å². The van der Waals surface area contributed by atoms with Gasteiger partial charge < -0.3 is 9.47 Å². The SMILES string of the molecule is O=[N+]([O-])c1cc(C(F)(F)F)ccc1N1CCN(Cn2ncn(C3CC3)c2=S)CC1. The second-order valence-electron chi connectivity index (χ2n) is 7.26. The minimum Gasteiger partial charge on any atom is -0.363 e. The van der Waals surface area contributed by atoms with Crippen LogP contribution >= 0.6 is 12.2 Å². The minimum absolute atomic E-state index is 0.206. The average Bonchev–Trinajstić information content (AvgIpc) is 3.46. The molecule has 1 aliphatic heterocycles. The summed E-state index contributed by atoms with van der Waals surface area (Å²) in [6.07, 6.45) is -0.637. The number of anilines is 1. The van der Waals surface area contributed by atoms with Crippen molar-refractivity contribution in [2.24, 2.45) is 0 Å². The first kappa shape index (κ1) is 19.8. The Kier molecular flexibility index (Phi) is 5.07. The van der Waals surface area contributed by atoms with E-state index < -0.39 is 22.4 Å². The van der Waals surface area contributed by atoms with Crippen molar-refractivity contribution in [3.63, 3.8) is 0 Å². The molecule has 2 aromatic rings. The van der Waals surface area contributed by atoms with Crippen LogP contribution in [0.25, 0.3) is 0 Å². The van der Waals surface area contributed by atoms with E-state index in [-0.39, 0.29) is 5.69 Å². The molecule has 0 spiro atoms. The lowest BCUT2D eigenvalue weighted by Gasteiger charge is -2.35. The van der Waals surface area contributed by atoms with E-state index >= 15 is 0 Å². The third-order valence-corrected chi connectivity index (χ3v) is 5.67. The molecule has 156 valence electrons. The molecule has 0 radical (unpaired) electrons. The van der Waals surface area contributed by atoms with E-state index in [4.69, 9.17) is 12.2 Å². The number of hydrogen-bond donors (Lipinski definition) is 0. The lowest BCUT2D eigenvalue weighted by Crippen LogP contribution is -2.47. The first-order valence-electron chi connectivity index (χ1n) is 9.21. The maximum atomic E-state index is 12.9. The predicted octanol–water partition coefficient (Wildman–Crippen LogP) is 3.46. The maximum Gasteiger partial charge on any atom is 0.416 e. The van der Waals surface area contributed by atoms with E-state index in [0.29, 0.717) is 49.7 Å². The zero-order valence-corrected chi connectivity index (χ0v) is 16.2. The average molecular weight is 428 g/mol. The molecule has 0 N–H and O–H groups in total. The number of hydrogen-bond acceptors (Lipinski definition) is 6. The summed E-state index contributed by atoms with van der Waals surface area (Å²) in [6, 6.07) is 3.13. The van der Waals surface area contributed by atoms with Crippen molar-refractivity contribution in [3.8, 4) is 0 Å². The lowest BCUT2D eigenvalue weighted by molar-refractivity contribution is -0.384. The number of nitro groups is 1. The highest BCUT2D eigenvalue weighted by Crippen LogP contribution is 2.37. The zero-order chi connectivity index (χ0) is 20.8. The van der Waals surface area contributed by atoms with Crippen molar-refractivity contribution in [1.29, 1.82) is 0 Å². The molecule has 1 saturated carbocycles. The van der Waals surface area contributed by atoms with Crippen molar-refractivity contribution < 1.29 is 18.1 Å². The lowest BCUT2D eigenvalue weighted by atomic mass is 10.1. The molecule has 29 heavy (non-hydrogen) atoms. The van der Waals surface area contributed by atoms with Gasteiger partial charge in [0.25, 0.3) is 5.69 Å². The van der Waals surface area contributed by atoms with Gasteiger partial charge in [-0.15, -0.1) is 0 Å². The highest BCUT2D eigenvalue weighted by molar-refractivity contribution is 7.71. The zero-order valence-electron chi connectivity index (χ0n) is 15.4. The van der Waals surface area contributed by atoms with Crippen molar-refractivity contribution >= 4 is 23.6 Å². The molecule has 0 amide bonds. The molecular formula is C17H19F3N6O2S. The first-order chi connectivity index (χ1) is 13.7. The number of nitrogens with zero attached hydrogens (tertiary/aromatic N) is 6. The Hall–Kier alpha value is -2.47. The van der Waals surface area contributed by atoms with Gasteiger partial charge in [0, 0.05) is 38.3 Å². The van der Waals surface area contributed by atoms with Crippen LogP contribution in [-0.2, 0) is 12.8 Å². The molecule has 2 heterocycles. The Morgan fingerprint density at radius 2 is 1.90 bits per heavy atom. The summed E-state index contributed by atoms with van der Waals surface area (Å²) >= 11 is 5.46. The molecule has 1 aliphatic carbocycles. The standard InChI is InChI=1S/C17H19F3N6O2S/c18-17(19,20)12-1-4-14(15(9-12)26(27)28)23-7-5-22(6-8-23)11-25-16(29)24(10-21-25)13-2-3-13/h1,4,9-10,13H,2-3,5-8,11H2. The summed E-state index contributed by atoms with van der Waals surface area (Å²) in [5.41, 5.74) is -1.34. The second kappa shape index (κ2) is 7.41. The normalized spacial score (nSPS) is 18.2. The molecule has 1 aromatic heterocycles. The summed E-state index contributed by atoms with van der Waals surface area (Å²) in [5.74, 6) is 0. The van der Waals surface area contributed by atoms with E-state index in [1.807, 2.05) is 4.57 Å². The summed E-state index contributed by atoms with van der Waals surface area (Å²) in [7, 11) is 0. The predicted molar refractivity (Wildman–Crippen MR) is 101 cm³/mol. The molecule has 1 saturated heterocycles.